The SMILES string of the molecule is O=C1/C(=C\c2ccc(-c3cccnc3F)o2)SC(=S)N1C1CC2CCC1C2. The fourth-order valence-corrected chi connectivity index (χ4v) is 5.92. The Balaban J connectivity index is 1.39. The van der Waals surface area contributed by atoms with Gasteiger partial charge in [-0.1, -0.05) is 30.4 Å². The molecule has 1 amide bonds. The lowest BCUT2D eigenvalue weighted by Gasteiger charge is -2.30. The third kappa shape index (κ3) is 2.93. The highest BCUT2D eigenvalue weighted by molar-refractivity contribution is 8.26. The molecular weight excluding hydrogens is 383 g/mol. The second-order valence-corrected chi connectivity index (χ2v) is 9.01. The van der Waals surface area contributed by atoms with E-state index in [2.05, 4.69) is 4.98 Å². The molecule has 3 atom stereocenters. The summed E-state index contributed by atoms with van der Waals surface area (Å²) in [6.45, 7) is 0. The second kappa shape index (κ2) is 6.56. The zero-order valence-electron chi connectivity index (χ0n) is 14.4. The molecular formula is C20H17FN2O2S2. The molecule has 2 aliphatic carbocycles. The number of hydrogen-bond donors (Lipinski definition) is 0. The number of thiocarbonyl (C=S) groups is 1. The van der Waals surface area contributed by atoms with Gasteiger partial charge in [0.1, 0.15) is 15.8 Å². The molecule has 3 fully saturated rings. The molecule has 1 saturated heterocycles. The van der Waals surface area contributed by atoms with E-state index in [0.717, 1.165) is 12.3 Å². The average molecular weight is 401 g/mol. The number of fused-ring (bicyclic) bond motifs is 2. The fraction of sp³-hybridized carbons (Fsp3) is 0.350. The van der Waals surface area contributed by atoms with Crippen molar-refractivity contribution >= 4 is 40.3 Å². The number of hydrogen-bond acceptors (Lipinski definition) is 5. The summed E-state index contributed by atoms with van der Waals surface area (Å²) < 4.78 is 20.2. The third-order valence-electron chi connectivity index (χ3n) is 5.78. The molecule has 0 radical (unpaired) electrons. The average Bonchev–Trinajstić information content (AvgIpc) is 3.42. The van der Waals surface area contributed by atoms with Gasteiger partial charge in [-0.25, -0.2) is 4.98 Å². The number of carbonyl (C=O) groups is 1. The summed E-state index contributed by atoms with van der Waals surface area (Å²) in [6.07, 6.45) is 7.86. The van der Waals surface area contributed by atoms with Crippen LogP contribution in [0.5, 0.6) is 0 Å². The fourth-order valence-electron chi connectivity index (χ4n) is 4.57. The quantitative estimate of drug-likeness (QED) is 0.418. The number of furan rings is 1. The topological polar surface area (TPSA) is 46.3 Å². The van der Waals surface area contributed by atoms with Gasteiger partial charge in [-0.3, -0.25) is 9.69 Å². The lowest BCUT2D eigenvalue weighted by molar-refractivity contribution is -0.124. The maximum atomic E-state index is 13.8. The lowest BCUT2D eigenvalue weighted by atomic mass is 9.94. The first-order valence-electron chi connectivity index (χ1n) is 9.08. The number of rotatable bonds is 3. The highest BCUT2D eigenvalue weighted by Crippen LogP contribution is 2.49. The molecule has 27 heavy (non-hydrogen) atoms. The van der Waals surface area contributed by atoms with Gasteiger partial charge in [-0.05, 0) is 55.4 Å². The molecule has 1 aliphatic heterocycles. The van der Waals surface area contributed by atoms with E-state index in [4.69, 9.17) is 16.6 Å². The van der Waals surface area contributed by atoms with E-state index in [1.807, 2.05) is 4.90 Å². The summed E-state index contributed by atoms with van der Waals surface area (Å²) in [5.74, 6) is 1.60. The Morgan fingerprint density at radius 3 is 2.93 bits per heavy atom. The van der Waals surface area contributed by atoms with Crippen molar-refractivity contribution in [2.24, 2.45) is 11.8 Å². The van der Waals surface area contributed by atoms with Crippen molar-refractivity contribution in [3.8, 4) is 11.3 Å². The number of carbonyl (C=O) groups excluding carboxylic acids is 1. The van der Waals surface area contributed by atoms with Crippen molar-refractivity contribution in [2.75, 3.05) is 0 Å². The molecule has 3 heterocycles. The number of thioether (sulfide) groups is 1. The summed E-state index contributed by atoms with van der Waals surface area (Å²) in [6, 6.07) is 6.92. The Labute approximate surface area is 165 Å². The third-order valence-corrected chi connectivity index (χ3v) is 7.11. The van der Waals surface area contributed by atoms with Crippen LogP contribution in [0.15, 0.2) is 39.8 Å². The number of pyridine rings is 1. The second-order valence-electron chi connectivity index (χ2n) is 7.34. The van der Waals surface area contributed by atoms with Gasteiger partial charge < -0.3 is 4.42 Å². The molecule has 0 aromatic carbocycles. The van der Waals surface area contributed by atoms with Gasteiger partial charge in [0, 0.05) is 18.3 Å². The van der Waals surface area contributed by atoms with Crippen molar-refractivity contribution in [3.63, 3.8) is 0 Å². The van der Waals surface area contributed by atoms with E-state index in [1.165, 1.54) is 37.2 Å². The van der Waals surface area contributed by atoms with Gasteiger partial charge in [0.05, 0.1) is 10.5 Å². The van der Waals surface area contributed by atoms with Gasteiger partial charge in [0.2, 0.25) is 5.95 Å². The molecule has 5 rings (SSSR count). The molecule has 7 heteroatoms. The van der Waals surface area contributed by atoms with Gasteiger partial charge in [-0.15, -0.1) is 0 Å². The Kier molecular flexibility index (Phi) is 4.16. The smallest absolute Gasteiger partial charge is 0.266 e. The maximum Gasteiger partial charge on any atom is 0.266 e. The summed E-state index contributed by atoms with van der Waals surface area (Å²) in [5, 5.41) is 0. The zero-order valence-corrected chi connectivity index (χ0v) is 16.1. The lowest BCUT2D eigenvalue weighted by Crippen LogP contribution is -2.41. The molecule has 3 unspecified atom stereocenters. The van der Waals surface area contributed by atoms with Crippen molar-refractivity contribution < 1.29 is 13.6 Å². The zero-order chi connectivity index (χ0) is 18.5. The van der Waals surface area contributed by atoms with Gasteiger partial charge in [0.15, 0.2) is 0 Å². The number of amides is 1. The summed E-state index contributed by atoms with van der Waals surface area (Å²) in [7, 11) is 0. The van der Waals surface area contributed by atoms with Crippen LogP contribution in [0.1, 0.15) is 31.4 Å². The Morgan fingerprint density at radius 1 is 1.30 bits per heavy atom. The number of aromatic nitrogens is 1. The Hall–Kier alpha value is -1.99. The first kappa shape index (κ1) is 17.1. The molecule has 4 nitrogen and oxygen atoms in total. The van der Waals surface area contributed by atoms with Crippen LogP contribution in [0.25, 0.3) is 17.4 Å². The molecule has 0 spiro atoms. The van der Waals surface area contributed by atoms with Crippen molar-refractivity contribution in [1.82, 2.24) is 9.88 Å². The van der Waals surface area contributed by atoms with Crippen LogP contribution >= 0.6 is 24.0 Å². The van der Waals surface area contributed by atoms with Crippen LogP contribution < -0.4 is 0 Å². The highest BCUT2D eigenvalue weighted by atomic mass is 32.2. The molecule has 2 saturated carbocycles. The molecule has 0 N–H and O–H groups in total. The molecule has 3 aliphatic rings. The van der Waals surface area contributed by atoms with Gasteiger partial charge in [-0.2, -0.15) is 4.39 Å². The van der Waals surface area contributed by atoms with E-state index in [0.29, 0.717) is 32.2 Å². The summed E-state index contributed by atoms with van der Waals surface area (Å²) >= 11 is 6.82. The number of nitrogens with zero attached hydrogens (tertiary/aromatic N) is 2. The maximum absolute atomic E-state index is 13.8. The predicted octanol–water partition coefficient (Wildman–Crippen LogP) is 4.87. The van der Waals surface area contributed by atoms with Crippen LogP contribution in [-0.2, 0) is 4.79 Å². The van der Waals surface area contributed by atoms with E-state index in [-0.39, 0.29) is 11.9 Å². The minimum atomic E-state index is -0.582. The predicted molar refractivity (Wildman–Crippen MR) is 106 cm³/mol. The summed E-state index contributed by atoms with van der Waals surface area (Å²) in [5.41, 5.74) is 0.298. The number of halogens is 1. The van der Waals surface area contributed by atoms with E-state index >= 15 is 0 Å². The standard InChI is InChI=1S/C20H17FN2O2S2/c21-18-14(2-1-7-22-18)16-6-5-13(25-16)10-17-19(24)23(20(26)27-17)15-9-11-3-4-12(15)8-11/h1-2,5-7,10-12,15H,3-4,8-9H2/b17-10+. The van der Waals surface area contributed by atoms with Crippen LogP contribution in [0.2, 0.25) is 0 Å². The largest absolute Gasteiger partial charge is 0.457 e. The van der Waals surface area contributed by atoms with E-state index < -0.39 is 5.95 Å². The Morgan fingerprint density at radius 2 is 2.19 bits per heavy atom. The van der Waals surface area contributed by atoms with Crippen LogP contribution in [0.3, 0.4) is 0 Å². The first-order chi connectivity index (χ1) is 13.1. The first-order valence-corrected chi connectivity index (χ1v) is 10.3. The normalized spacial score (nSPS) is 28.7. The molecule has 138 valence electrons. The van der Waals surface area contributed by atoms with Gasteiger partial charge >= 0.3 is 0 Å². The minimum absolute atomic E-state index is 0.0342. The minimum Gasteiger partial charge on any atom is -0.457 e. The van der Waals surface area contributed by atoms with Crippen molar-refractivity contribution in [1.29, 1.82) is 0 Å². The van der Waals surface area contributed by atoms with Crippen molar-refractivity contribution in [3.05, 3.63) is 47.1 Å². The van der Waals surface area contributed by atoms with Gasteiger partial charge in [0.25, 0.3) is 5.91 Å². The van der Waals surface area contributed by atoms with E-state index in [9.17, 15) is 9.18 Å². The Bertz CT molecular complexity index is 970. The highest BCUT2D eigenvalue weighted by Gasteiger charge is 2.47. The van der Waals surface area contributed by atoms with E-state index in [1.54, 1.807) is 30.3 Å². The van der Waals surface area contributed by atoms with Crippen LogP contribution in [0, 0.1) is 17.8 Å². The molecule has 2 aromatic heterocycles. The summed E-state index contributed by atoms with van der Waals surface area (Å²) in [4.78, 5) is 19.0. The van der Waals surface area contributed by atoms with Crippen LogP contribution in [-0.4, -0.2) is 26.2 Å². The van der Waals surface area contributed by atoms with Crippen molar-refractivity contribution in [2.45, 2.75) is 31.7 Å². The molecule has 2 aromatic rings. The van der Waals surface area contributed by atoms with Crippen LogP contribution in [0.4, 0.5) is 4.39 Å². The molecule has 2 bridgehead atoms. The monoisotopic (exact) mass is 400 g/mol.